The van der Waals surface area contributed by atoms with Gasteiger partial charge in [-0.15, -0.1) is 10.2 Å². The van der Waals surface area contributed by atoms with Crippen molar-refractivity contribution in [1.82, 2.24) is 20.7 Å². The minimum atomic E-state index is -0.310. The van der Waals surface area contributed by atoms with Gasteiger partial charge in [-0.2, -0.15) is 5.21 Å². The van der Waals surface area contributed by atoms with Crippen LogP contribution in [-0.2, 0) is 6.54 Å². The van der Waals surface area contributed by atoms with Gasteiger partial charge in [0.15, 0.2) is 11.5 Å². The Labute approximate surface area is 150 Å². The monoisotopic (exact) mass is 355 g/mol. The van der Waals surface area contributed by atoms with E-state index in [0.717, 1.165) is 22.4 Å². The third-order valence-corrected chi connectivity index (χ3v) is 3.87. The normalized spacial score (nSPS) is 10.5. The molecule has 1 aromatic heterocycles. The second-order valence-corrected chi connectivity index (χ2v) is 6.27. The van der Waals surface area contributed by atoms with Crippen molar-refractivity contribution < 1.29 is 4.79 Å². The maximum absolute atomic E-state index is 12.4. The van der Waals surface area contributed by atoms with Crippen LogP contribution in [0, 0.1) is 13.8 Å². The van der Waals surface area contributed by atoms with E-state index >= 15 is 0 Å². The maximum atomic E-state index is 12.4. The van der Waals surface area contributed by atoms with Gasteiger partial charge >= 0.3 is 0 Å². The molecule has 0 spiro atoms. The molecule has 6 nitrogen and oxygen atoms in total. The number of halogens is 1. The lowest BCUT2D eigenvalue weighted by Gasteiger charge is -2.08. The number of carbonyl (C=O) groups excluding carboxylic acids is 1. The van der Waals surface area contributed by atoms with Crippen molar-refractivity contribution >= 4 is 29.0 Å². The smallest absolute Gasteiger partial charge is 0.275 e. The number of nitrogens with one attached hydrogen (secondary N) is 3. The van der Waals surface area contributed by atoms with Gasteiger partial charge in [0, 0.05) is 17.3 Å². The maximum Gasteiger partial charge on any atom is 0.275 e. The van der Waals surface area contributed by atoms with E-state index in [-0.39, 0.29) is 11.6 Å². The first-order valence-electron chi connectivity index (χ1n) is 7.80. The van der Waals surface area contributed by atoms with Crippen molar-refractivity contribution in [3.05, 3.63) is 69.9 Å². The Kier molecular flexibility index (Phi) is 5.00. The molecule has 3 N–H and O–H groups in total. The highest BCUT2D eigenvalue weighted by molar-refractivity contribution is 6.30. The summed E-state index contributed by atoms with van der Waals surface area (Å²) < 4.78 is 0. The fourth-order valence-electron chi connectivity index (χ4n) is 2.53. The van der Waals surface area contributed by atoms with Gasteiger partial charge in [0.2, 0.25) is 0 Å². The molecule has 0 atom stereocenters. The summed E-state index contributed by atoms with van der Waals surface area (Å²) in [7, 11) is 0. The number of anilines is 2. The molecular formula is C18H18ClN5O. The Hall–Kier alpha value is -2.86. The fraction of sp³-hybridized carbons (Fsp3) is 0.167. The van der Waals surface area contributed by atoms with E-state index in [1.54, 1.807) is 12.1 Å². The number of benzene rings is 2. The highest BCUT2D eigenvalue weighted by Gasteiger charge is 2.16. The summed E-state index contributed by atoms with van der Waals surface area (Å²) in [6.45, 7) is 4.41. The lowest BCUT2D eigenvalue weighted by atomic mass is 10.1. The molecule has 0 unspecified atom stereocenters. The highest BCUT2D eigenvalue weighted by atomic mass is 35.5. The number of nitrogens with zero attached hydrogens (tertiary/aromatic N) is 2. The summed E-state index contributed by atoms with van der Waals surface area (Å²) >= 11 is 5.86. The van der Waals surface area contributed by atoms with Crippen LogP contribution < -0.4 is 10.6 Å². The topological polar surface area (TPSA) is 82.7 Å². The van der Waals surface area contributed by atoms with Gasteiger partial charge < -0.3 is 10.6 Å². The van der Waals surface area contributed by atoms with Crippen LogP contribution in [0.3, 0.4) is 0 Å². The lowest BCUT2D eigenvalue weighted by Crippen LogP contribution is -2.24. The van der Waals surface area contributed by atoms with Crippen molar-refractivity contribution in [3.8, 4) is 0 Å². The minimum absolute atomic E-state index is 0.216. The first kappa shape index (κ1) is 17.0. The molecule has 2 aromatic carbocycles. The van der Waals surface area contributed by atoms with Crippen LogP contribution in [0.5, 0.6) is 0 Å². The average Bonchev–Trinajstić information content (AvgIpc) is 3.01. The second-order valence-electron chi connectivity index (χ2n) is 5.83. The predicted octanol–water partition coefficient (Wildman–Crippen LogP) is 3.75. The lowest BCUT2D eigenvalue weighted by molar-refractivity contribution is 0.0946. The second kappa shape index (κ2) is 7.36. The first-order chi connectivity index (χ1) is 12.0. The molecule has 1 heterocycles. The number of H-pyrrole nitrogens is 1. The molecule has 0 saturated heterocycles. The Balaban J connectivity index is 1.69. The zero-order chi connectivity index (χ0) is 17.8. The summed E-state index contributed by atoms with van der Waals surface area (Å²) in [6, 6.07) is 13.3. The molecule has 0 radical (unpaired) electrons. The summed E-state index contributed by atoms with van der Waals surface area (Å²) in [5.41, 5.74) is 4.27. The molecule has 0 saturated carbocycles. The van der Waals surface area contributed by atoms with Crippen LogP contribution in [0.4, 0.5) is 11.5 Å². The van der Waals surface area contributed by atoms with E-state index in [1.165, 1.54) is 0 Å². The van der Waals surface area contributed by atoms with Gasteiger partial charge in [-0.3, -0.25) is 4.79 Å². The van der Waals surface area contributed by atoms with Crippen molar-refractivity contribution in [2.45, 2.75) is 20.4 Å². The number of aromatic nitrogens is 3. The Morgan fingerprint density at radius 3 is 2.44 bits per heavy atom. The Morgan fingerprint density at radius 1 is 1.08 bits per heavy atom. The van der Waals surface area contributed by atoms with Crippen LogP contribution in [0.15, 0.2) is 42.5 Å². The van der Waals surface area contributed by atoms with Crippen LogP contribution >= 0.6 is 11.6 Å². The van der Waals surface area contributed by atoms with Crippen molar-refractivity contribution in [3.63, 3.8) is 0 Å². The van der Waals surface area contributed by atoms with Crippen molar-refractivity contribution in [2.24, 2.45) is 0 Å². The van der Waals surface area contributed by atoms with Gasteiger partial charge in [-0.25, -0.2) is 0 Å². The van der Waals surface area contributed by atoms with Gasteiger partial charge in [-0.05, 0) is 54.8 Å². The third kappa shape index (κ3) is 4.36. The molecule has 0 aliphatic heterocycles. The van der Waals surface area contributed by atoms with Crippen LogP contribution in [0.25, 0.3) is 0 Å². The SMILES string of the molecule is Cc1cc(C)cc(Nc2n[nH]nc2C(=O)NCc2ccc(Cl)cc2)c1. The quantitative estimate of drug-likeness (QED) is 0.651. The zero-order valence-electron chi connectivity index (χ0n) is 13.9. The van der Waals surface area contributed by atoms with E-state index in [4.69, 9.17) is 11.6 Å². The molecule has 25 heavy (non-hydrogen) atoms. The van der Waals surface area contributed by atoms with E-state index in [0.29, 0.717) is 17.4 Å². The van der Waals surface area contributed by atoms with Crippen molar-refractivity contribution in [1.29, 1.82) is 0 Å². The number of hydrogen-bond acceptors (Lipinski definition) is 4. The third-order valence-electron chi connectivity index (χ3n) is 3.61. The molecule has 3 rings (SSSR count). The van der Waals surface area contributed by atoms with E-state index in [9.17, 15) is 4.79 Å². The van der Waals surface area contributed by atoms with Gasteiger partial charge in [0.1, 0.15) is 0 Å². The van der Waals surface area contributed by atoms with Crippen LogP contribution in [-0.4, -0.2) is 21.3 Å². The molecular weight excluding hydrogens is 338 g/mol. The molecule has 0 fully saturated rings. The van der Waals surface area contributed by atoms with Crippen LogP contribution in [0.1, 0.15) is 27.2 Å². The average molecular weight is 356 g/mol. The molecule has 1 amide bonds. The van der Waals surface area contributed by atoms with E-state index in [2.05, 4.69) is 32.1 Å². The first-order valence-corrected chi connectivity index (χ1v) is 8.18. The molecule has 0 aliphatic carbocycles. The Morgan fingerprint density at radius 2 is 1.76 bits per heavy atom. The largest absolute Gasteiger partial charge is 0.346 e. The van der Waals surface area contributed by atoms with Gasteiger partial charge in [0.25, 0.3) is 5.91 Å². The molecule has 3 aromatic rings. The number of carbonyl (C=O) groups is 1. The fourth-order valence-corrected chi connectivity index (χ4v) is 2.65. The standard InChI is InChI=1S/C18H18ClN5O/c1-11-7-12(2)9-15(8-11)21-17-16(22-24-23-17)18(25)20-10-13-3-5-14(19)6-4-13/h3-9H,10H2,1-2H3,(H,20,25)(H2,21,22,23,24). The summed E-state index contributed by atoms with van der Waals surface area (Å²) in [5.74, 6) is 0.0779. The number of rotatable bonds is 5. The van der Waals surface area contributed by atoms with Crippen molar-refractivity contribution in [2.75, 3.05) is 5.32 Å². The zero-order valence-corrected chi connectivity index (χ0v) is 14.7. The van der Waals surface area contributed by atoms with Gasteiger partial charge in [0.05, 0.1) is 0 Å². The number of hydrogen-bond donors (Lipinski definition) is 3. The molecule has 7 heteroatoms. The molecule has 128 valence electrons. The highest BCUT2D eigenvalue weighted by Crippen LogP contribution is 2.20. The van der Waals surface area contributed by atoms with E-state index in [1.807, 2.05) is 38.1 Å². The summed E-state index contributed by atoms with van der Waals surface area (Å²) in [5, 5.41) is 17.1. The number of aryl methyl sites for hydroxylation is 2. The summed E-state index contributed by atoms with van der Waals surface area (Å²) in [6.07, 6.45) is 0. The molecule has 0 bridgehead atoms. The number of amides is 1. The van der Waals surface area contributed by atoms with E-state index < -0.39 is 0 Å². The van der Waals surface area contributed by atoms with Gasteiger partial charge in [-0.1, -0.05) is 29.8 Å². The minimum Gasteiger partial charge on any atom is -0.346 e. The molecule has 0 aliphatic rings. The summed E-state index contributed by atoms with van der Waals surface area (Å²) in [4.78, 5) is 12.4. The number of aromatic amines is 1. The van der Waals surface area contributed by atoms with Crippen LogP contribution in [0.2, 0.25) is 5.02 Å². The Bertz CT molecular complexity index is 868. The predicted molar refractivity (Wildman–Crippen MR) is 98.2 cm³/mol.